The number of fused-ring (bicyclic) bond motifs is 3. The van der Waals surface area contributed by atoms with E-state index in [4.69, 9.17) is 4.74 Å². The zero-order chi connectivity index (χ0) is 23.9. The minimum Gasteiger partial charge on any atom is -0.495 e. The Morgan fingerprint density at radius 1 is 0.571 bits per heavy atom. The Labute approximate surface area is 206 Å². The van der Waals surface area contributed by atoms with Crippen molar-refractivity contribution < 1.29 is 4.74 Å². The van der Waals surface area contributed by atoms with Gasteiger partial charge in [-0.1, -0.05) is 121 Å². The summed E-state index contributed by atoms with van der Waals surface area (Å²) in [6.45, 7) is 0. The Morgan fingerprint density at radius 3 is 1.74 bits per heavy atom. The molecule has 0 radical (unpaired) electrons. The third kappa shape index (κ3) is 5.02. The van der Waals surface area contributed by atoms with Gasteiger partial charge in [0.25, 0.3) is 0 Å². The lowest BCUT2D eigenvalue weighted by atomic mass is 9.96. The van der Waals surface area contributed by atoms with Crippen LogP contribution in [-0.2, 0) is 0 Å². The maximum Gasteiger partial charge on any atom is 0.142 e. The van der Waals surface area contributed by atoms with Gasteiger partial charge < -0.3 is 9.72 Å². The number of rotatable bonds is 4. The van der Waals surface area contributed by atoms with Crippen molar-refractivity contribution in [3.63, 3.8) is 0 Å². The minimum absolute atomic E-state index is 0.892. The first-order chi connectivity index (χ1) is 17.3. The molecule has 35 heavy (non-hydrogen) atoms. The number of hydrogen-bond donors (Lipinski definition) is 1. The Bertz CT molecular complexity index is 1510. The maximum atomic E-state index is 5.33. The van der Waals surface area contributed by atoms with Crippen LogP contribution in [-0.4, -0.2) is 12.1 Å². The molecule has 0 bridgehead atoms. The highest BCUT2D eigenvalue weighted by atomic mass is 16.5. The molecular weight excluding hydrogens is 426 g/mol. The van der Waals surface area contributed by atoms with Gasteiger partial charge in [-0.25, -0.2) is 0 Å². The van der Waals surface area contributed by atoms with Gasteiger partial charge in [0, 0.05) is 16.3 Å². The summed E-state index contributed by atoms with van der Waals surface area (Å²) >= 11 is 0. The molecule has 0 amide bonds. The first-order valence-corrected chi connectivity index (χ1v) is 11.7. The molecule has 0 unspecified atom stereocenters. The number of H-pyrrole nitrogens is 1. The van der Waals surface area contributed by atoms with Crippen LogP contribution in [0.25, 0.3) is 33.5 Å². The van der Waals surface area contributed by atoms with Crippen LogP contribution in [0, 0.1) is 0 Å². The van der Waals surface area contributed by atoms with E-state index in [-0.39, 0.29) is 0 Å². The van der Waals surface area contributed by atoms with Crippen molar-refractivity contribution in [1.82, 2.24) is 4.98 Å². The molecule has 0 aliphatic rings. The summed E-state index contributed by atoms with van der Waals surface area (Å²) < 4.78 is 5.33. The molecule has 2 nitrogen and oxygen atoms in total. The fraction of sp³-hybridized carbons (Fsp3) is 0.0303. The molecule has 1 N–H and O–H groups in total. The van der Waals surface area contributed by atoms with E-state index in [1.165, 1.54) is 33.0 Å². The summed E-state index contributed by atoms with van der Waals surface area (Å²) in [6.07, 6.45) is 2.24. The maximum absolute atomic E-state index is 5.33. The SMILES string of the molecule is C(=C(c1ccccc1)c1ccccc1)c1ccccc1.COc1cccc2c1[nH]c1ccccc12. The van der Waals surface area contributed by atoms with Crippen LogP contribution in [0.5, 0.6) is 5.75 Å². The van der Waals surface area contributed by atoms with Gasteiger partial charge in [-0.05, 0) is 40.5 Å². The highest BCUT2D eigenvalue weighted by Crippen LogP contribution is 2.31. The number of aromatic amines is 1. The van der Waals surface area contributed by atoms with Crippen LogP contribution >= 0.6 is 0 Å². The molecule has 0 saturated carbocycles. The molecule has 0 spiro atoms. The molecule has 0 atom stereocenters. The topological polar surface area (TPSA) is 25.0 Å². The summed E-state index contributed by atoms with van der Waals surface area (Å²) in [7, 11) is 1.69. The Hall–Kier alpha value is -4.56. The van der Waals surface area contributed by atoms with E-state index in [0.717, 1.165) is 16.8 Å². The summed E-state index contributed by atoms with van der Waals surface area (Å²) in [4.78, 5) is 3.37. The van der Waals surface area contributed by atoms with Crippen molar-refractivity contribution in [1.29, 1.82) is 0 Å². The van der Waals surface area contributed by atoms with E-state index in [0.29, 0.717) is 0 Å². The summed E-state index contributed by atoms with van der Waals surface area (Å²) in [5.74, 6) is 0.892. The van der Waals surface area contributed by atoms with Gasteiger partial charge in [-0.15, -0.1) is 0 Å². The number of ether oxygens (including phenoxy) is 1. The number of para-hydroxylation sites is 2. The van der Waals surface area contributed by atoms with Gasteiger partial charge >= 0.3 is 0 Å². The van der Waals surface area contributed by atoms with Gasteiger partial charge in [0.2, 0.25) is 0 Å². The first-order valence-electron chi connectivity index (χ1n) is 11.7. The highest BCUT2D eigenvalue weighted by Gasteiger charge is 2.07. The number of hydrogen-bond acceptors (Lipinski definition) is 1. The molecular formula is C33H27NO. The molecule has 6 rings (SSSR count). The third-order valence-electron chi connectivity index (χ3n) is 6.00. The zero-order valence-electron chi connectivity index (χ0n) is 19.7. The van der Waals surface area contributed by atoms with E-state index in [1.807, 2.05) is 24.3 Å². The average Bonchev–Trinajstić information content (AvgIpc) is 3.33. The van der Waals surface area contributed by atoms with E-state index in [9.17, 15) is 0 Å². The first kappa shape index (κ1) is 22.2. The summed E-state index contributed by atoms with van der Waals surface area (Å²) in [6, 6.07) is 45.9. The Balaban J connectivity index is 0.000000151. The average molecular weight is 454 g/mol. The second kappa shape index (κ2) is 10.6. The van der Waals surface area contributed by atoms with Gasteiger partial charge in [-0.3, -0.25) is 0 Å². The van der Waals surface area contributed by atoms with Gasteiger partial charge in [-0.2, -0.15) is 0 Å². The third-order valence-corrected chi connectivity index (χ3v) is 6.00. The fourth-order valence-electron chi connectivity index (χ4n) is 4.30. The predicted octanol–water partition coefficient (Wildman–Crippen LogP) is 8.61. The Morgan fingerprint density at radius 2 is 1.11 bits per heavy atom. The van der Waals surface area contributed by atoms with Crippen LogP contribution in [0.4, 0.5) is 0 Å². The second-order valence-corrected chi connectivity index (χ2v) is 8.25. The van der Waals surface area contributed by atoms with E-state index >= 15 is 0 Å². The normalized spacial score (nSPS) is 10.4. The zero-order valence-corrected chi connectivity index (χ0v) is 19.7. The minimum atomic E-state index is 0.892. The monoisotopic (exact) mass is 453 g/mol. The Kier molecular flexibility index (Phi) is 6.72. The quantitative estimate of drug-likeness (QED) is 0.266. The molecule has 0 saturated heterocycles. The molecule has 170 valence electrons. The molecule has 0 aliphatic heterocycles. The lowest BCUT2D eigenvalue weighted by molar-refractivity contribution is 0.419. The molecule has 6 aromatic rings. The number of methoxy groups -OCH3 is 1. The van der Waals surface area contributed by atoms with E-state index in [1.54, 1.807) is 7.11 Å². The van der Waals surface area contributed by atoms with Gasteiger partial charge in [0.05, 0.1) is 12.6 Å². The predicted molar refractivity (Wildman–Crippen MR) is 149 cm³/mol. The van der Waals surface area contributed by atoms with Crippen molar-refractivity contribution in [3.8, 4) is 5.75 Å². The summed E-state index contributed by atoms with van der Waals surface area (Å²) in [5.41, 5.74) is 7.16. The van der Waals surface area contributed by atoms with Crippen LogP contribution in [0.15, 0.2) is 133 Å². The molecule has 1 heterocycles. The van der Waals surface area contributed by atoms with Gasteiger partial charge in [0.1, 0.15) is 5.75 Å². The van der Waals surface area contributed by atoms with Crippen molar-refractivity contribution in [3.05, 3.63) is 150 Å². The lowest BCUT2D eigenvalue weighted by Crippen LogP contribution is -1.87. The van der Waals surface area contributed by atoms with Crippen LogP contribution in [0.3, 0.4) is 0 Å². The van der Waals surface area contributed by atoms with Crippen molar-refractivity contribution in [2.75, 3.05) is 7.11 Å². The fourth-order valence-corrected chi connectivity index (χ4v) is 4.30. The number of nitrogens with one attached hydrogen (secondary N) is 1. The molecule has 5 aromatic carbocycles. The highest BCUT2D eigenvalue weighted by molar-refractivity contribution is 6.09. The van der Waals surface area contributed by atoms with Crippen LogP contribution < -0.4 is 4.74 Å². The van der Waals surface area contributed by atoms with Crippen LogP contribution in [0.1, 0.15) is 16.7 Å². The van der Waals surface area contributed by atoms with Crippen molar-refractivity contribution >= 4 is 33.5 Å². The molecule has 2 heteroatoms. The second-order valence-electron chi connectivity index (χ2n) is 8.25. The van der Waals surface area contributed by atoms with E-state index < -0.39 is 0 Å². The van der Waals surface area contributed by atoms with Gasteiger partial charge in [0.15, 0.2) is 0 Å². The molecule has 0 aliphatic carbocycles. The number of aromatic nitrogens is 1. The standard InChI is InChI=1S/C20H16.C13H11NO/c1-4-10-17(11-5-1)16-20(18-12-6-2-7-13-18)19-14-8-3-9-15-19;1-15-12-8-4-6-10-9-5-2-3-7-11(9)14-13(10)12/h1-16H;2-8,14H,1H3. The lowest BCUT2D eigenvalue weighted by Gasteiger charge is -2.08. The smallest absolute Gasteiger partial charge is 0.142 e. The molecule has 0 fully saturated rings. The van der Waals surface area contributed by atoms with Crippen molar-refractivity contribution in [2.24, 2.45) is 0 Å². The largest absolute Gasteiger partial charge is 0.495 e. The van der Waals surface area contributed by atoms with E-state index in [2.05, 4.69) is 120 Å². The number of benzene rings is 5. The molecule has 1 aromatic heterocycles. The van der Waals surface area contributed by atoms with Crippen molar-refractivity contribution in [2.45, 2.75) is 0 Å². The summed E-state index contributed by atoms with van der Waals surface area (Å²) in [5, 5.41) is 2.45. The van der Waals surface area contributed by atoms with Crippen LogP contribution in [0.2, 0.25) is 0 Å².